The van der Waals surface area contributed by atoms with Crippen molar-refractivity contribution in [1.82, 2.24) is 0 Å². The first-order valence-electron chi connectivity index (χ1n) is 5.32. The van der Waals surface area contributed by atoms with Gasteiger partial charge in [0.1, 0.15) is 0 Å². The molecular weight excluding hydrogens is 268 g/mol. The third kappa shape index (κ3) is 3.34. The lowest BCUT2D eigenvalue weighted by molar-refractivity contribution is -0.105. The van der Waals surface area contributed by atoms with Gasteiger partial charge in [-0.3, -0.25) is 12.9 Å². The Labute approximate surface area is 106 Å². The highest BCUT2D eigenvalue weighted by molar-refractivity contribution is 9.23. The van der Waals surface area contributed by atoms with E-state index in [0.29, 0.717) is 0 Å². The number of hydrogen-bond donors (Lipinski definition) is 0. The van der Waals surface area contributed by atoms with Gasteiger partial charge in [0.25, 0.3) is 0 Å². The molecule has 0 spiro atoms. The molecule has 2 rings (SSSR count). The summed E-state index contributed by atoms with van der Waals surface area (Å²) in [6.07, 6.45) is 3.35. The number of hydrogen-bond acceptors (Lipinski definition) is 2. The molecule has 2 nitrogen and oxygen atoms in total. The molecule has 1 aromatic rings. The Hall–Kier alpha value is 0.226. The van der Waals surface area contributed by atoms with Gasteiger partial charge in [-0.15, -0.1) is 3.69 Å². The van der Waals surface area contributed by atoms with Gasteiger partial charge in [0.15, 0.2) is 6.29 Å². The number of para-hydroxylation sites is 1. The Balaban J connectivity index is 2.02. The summed E-state index contributed by atoms with van der Waals surface area (Å²) >= 11 is 3.24. The minimum Gasteiger partial charge on any atom is -0.467 e. The van der Waals surface area contributed by atoms with Crippen molar-refractivity contribution in [2.75, 3.05) is 6.61 Å². The molecule has 78 valence electrons. The van der Waals surface area contributed by atoms with Crippen molar-refractivity contribution in [2.45, 2.75) is 25.6 Å². The fourth-order valence-corrected chi connectivity index (χ4v) is 3.62. The monoisotopic (exact) mass is 280 g/mol. The maximum Gasteiger partial charge on any atom is 0.512 e. The van der Waals surface area contributed by atoms with Gasteiger partial charge in [-0.2, -0.15) is 0 Å². The molecule has 4 heteroatoms. The van der Waals surface area contributed by atoms with Crippen LogP contribution in [0.5, 0.6) is 5.75 Å². The zero-order valence-corrected chi connectivity index (χ0v) is 11.6. The highest BCUT2D eigenvalue weighted by Gasteiger charge is 2.16. The van der Waals surface area contributed by atoms with Crippen LogP contribution < -0.4 is 8.43 Å². The summed E-state index contributed by atoms with van der Waals surface area (Å²) in [6.45, 7) is 0.832. The maximum atomic E-state index is 5.86. The van der Waals surface area contributed by atoms with E-state index in [1.54, 1.807) is 0 Å². The van der Waals surface area contributed by atoms with Gasteiger partial charge in [-0.1, -0.05) is 18.2 Å². The molecule has 15 heavy (non-hydrogen) atoms. The van der Waals surface area contributed by atoms with Crippen LogP contribution in [0.3, 0.4) is 0 Å². The predicted molar refractivity (Wildman–Crippen MR) is 65.0 cm³/mol. The first kappa shape index (κ1) is 11.7. The summed E-state index contributed by atoms with van der Waals surface area (Å²) in [5.41, 5.74) is 0. The minimum absolute atomic E-state index is 0.0343. The predicted octanol–water partition coefficient (Wildman–Crippen LogP) is 2.23. The van der Waals surface area contributed by atoms with Crippen molar-refractivity contribution in [2.24, 2.45) is 0 Å². The van der Waals surface area contributed by atoms with E-state index >= 15 is 0 Å². The van der Waals surface area contributed by atoms with Crippen molar-refractivity contribution in [3.8, 4) is 5.75 Å². The van der Waals surface area contributed by atoms with E-state index in [9.17, 15) is 0 Å². The van der Waals surface area contributed by atoms with E-state index in [0.717, 1.165) is 25.2 Å². The van der Waals surface area contributed by atoms with Gasteiger partial charge in [0.05, 0.1) is 12.4 Å². The molecule has 1 saturated heterocycles. The second-order valence-electron chi connectivity index (χ2n) is 3.66. The first-order valence-corrected chi connectivity index (χ1v) is 9.93. The average Bonchev–Trinajstić information content (AvgIpc) is 2.31. The van der Waals surface area contributed by atoms with Gasteiger partial charge in [-0.05, 0) is 18.9 Å². The van der Waals surface area contributed by atoms with Crippen molar-refractivity contribution in [3.63, 3.8) is 0 Å². The molecule has 0 aromatic heterocycles. The summed E-state index contributed by atoms with van der Waals surface area (Å²) in [7, 11) is 0. The lowest BCUT2D eigenvalue weighted by Crippen LogP contribution is -2.27. The lowest BCUT2D eigenvalue weighted by Gasteiger charge is -2.24. The normalized spacial score (nSPS) is 20.7. The molecule has 0 bridgehead atoms. The fourth-order valence-electron chi connectivity index (χ4n) is 1.67. The third-order valence-corrected chi connectivity index (χ3v) is 5.20. The summed E-state index contributed by atoms with van der Waals surface area (Å²) in [5, 5.41) is 0. The summed E-state index contributed by atoms with van der Waals surface area (Å²) < 4.78 is 12.7. The molecule has 1 atom stereocenters. The highest BCUT2D eigenvalue weighted by Crippen LogP contribution is 2.17. The van der Waals surface area contributed by atoms with Crippen molar-refractivity contribution < 1.29 is 9.47 Å². The molecule has 0 radical (unpaired) electrons. The van der Waals surface area contributed by atoms with Crippen molar-refractivity contribution in [1.29, 1.82) is 0 Å². The molecule has 1 aliphatic heterocycles. The molecular formula is C11H13BrMgO2. The third-order valence-electron chi connectivity index (χ3n) is 2.51. The quantitative estimate of drug-likeness (QED) is 0.791. The standard InChI is InChI=1S/C11H13O2.BrH.Mg/c1-2-6-10(7-3-1)13-11-8-4-5-9-12-11;;/h1-3,6,11H,4-5,8-9H2;1H;/q;;+1/p-1. The summed E-state index contributed by atoms with van der Waals surface area (Å²) in [6, 6.07) is 8.22. The topological polar surface area (TPSA) is 18.5 Å². The van der Waals surface area contributed by atoms with Gasteiger partial charge >= 0.3 is 18.2 Å². The van der Waals surface area contributed by atoms with E-state index in [-0.39, 0.29) is 24.5 Å². The number of rotatable bonds is 3. The Morgan fingerprint density at radius 3 is 2.93 bits per heavy atom. The molecule has 1 unspecified atom stereocenters. The van der Waals surface area contributed by atoms with Crippen molar-refractivity contribution in [3.05, 3.63) is 24.3 Å². The molecule has 1 fully saturated rings. The molecule has 1 aromatic carbocycles. The van der Waals surface area contributed by atoms with Crippen molar-refractivity contribution >= 4 is 34.8 Å². The maximum absolute atomic E-state index is 5.86. The Bertz CT molecular complexity index is 313. The van der Waals surface area contributed by atoms with Crippen LogP contribution in [0.4, 0.5) is 0 Å². The second kappa shape index (κ2) is 6.08. The van der Waals surface area contributed by atoms with E-state index < -0.39 is 0 Å². The van der Waals surface area contributed by atoms with Crippen LogP contribution in [0.1, 0.15) is 19.3 Å². The molecule has 0 N–H and O–H groups in total. The SMILES string of the molecule is [Br][Mg][c]1ccccc1OC1CCCCO1. The van der Waals surface area contributed by atoms with E-state index in [1.165, 1.54) is 10.1 Å². The number of benzene rings is 1. The van der Waals surface area contributed by atoms with Gasteiger partial charge in [0.2, 0.25) is 0 Å². The zero-order valence-electron chi connectivity index (χ0n) is 8.62. The van der Waals surface area contributed by atoms with Crippen LogP contribution in [-0.4, -0.2) is 31.1 Å². The van der Waals surface area contributed by atoms with E-state index in [1.807, 2.05) is 12.1 Å². The summed E-state index contributed by atoms with van der Waals surface area (Å²) in [4.78, 5) is 0. The first-order chi connectivity index (χ1) is 7.40. The largest absolute Gasteiger partial charge is 0.512 e. The van der Waals surface area contributed by atoms with Gasteiger partial charge in [0, 0.05) is 6.42 Å². The molecule has 1 aliphatic rings. The van der Waals surface area contributed by atoms with E-state index in [2.05, 4.69) is 25.0 Å². The second-order valence-corrected chi connectivity index (χ2v) is 6.37. The molecule has 1 heterocycles. The molecule has 0 saturated carbocycles. The zero-order chi connectivity index (χ0) is 10.5. The minimum atomic E-state index is -0.352. The van der Waals surface area contributed by atoms with Crippen LogP contribution in [-0.2, 0) is 4.74 Å². The van der Waals surface area contributed by atoms with Gasteiger partial charge < -0.3 is 9.47 Å². The summed E-state index contributed by atoms with van der Waals surface area (Å²) in [5.74, 6) is 0.993. The Morgan fingerprint density at radius 1 is 1.33 bits per heavy atom. The number of halogens is 1. The van der Waals surface area contributed by atoms with Crippen LogP contribution in [0.25, 0.3) is 0 Å². The Kier molecular flexibility index (Phi) is 4.75. The number of ether oxygens (including phenoxy) is 2. The van der Waals surface area contributed by atoms with Crippen LogP contribution in [0.15, 0.2) is 24.3 Å². The fraction of sp³-hybridized carbons (Fsp3) is 0.455. The van der Waals surface area contributed by atoms with Crippen LogP contribution in [0.2, 0.25) is 0 Å². The molecule has 0 aliphatic carbocycles. The Morgan fingerprint density at radius 2 is 2.20 bits per heavy atom. The smallest absolute Gasteiger partial charge is 0.467 e. The highest BCUT2D eigenvalue weighted by atomic mass is 79.9. The van der Waals surface area contributed by atoms with Gasteiger partial charge in [-0.25, -0.2) is 0 Å². The van der Waals surface area contributed by atoms with Crippen LogP contribution in [0, 0.1) is 0 Å². The molecule has 0 amide bonds. The average molecular weight is 281 g/mol. The lowest BCUT2D eigenvalue weighted by atomic mass is 10.2. The van der Waals surface area contributed by atoms with E-state index in [4.69, 9.17) is 9.47 Å². The van der Waals surface area contributed by atoms with Crippen LogP contribution >= 0.6 is 12.9 Å².